The van der Waals surface area contributed by atoms with Gasteiger partial charge in [0.15, 0.2) is 0 Å². The van der Waals surface area contributed by atoms with Crippen molar-refractivity contribution in [2.75, 3.05) is 6.61 Å². The molecule has 1 aromatic rings. The molecule has 4 nitrogen and oxygen atoms in total. The second-order valence-electron chi connectivity index (χ2n) is 6.17. The summed E-state index contributed by atoms with van der Waals surface area (Å²) in [7, 11) is 0. The van der Waals surface area contributed by atoms with Crippen molar-refractivity contribution in [3.05, 3.63) is 28.3 Å². The Morgan fingerprint density at radius 1 is 1.38 bits per heavy atom. The first-order chi connectivity index (χ1) is 9.64. The van der Waals surface area contributed by atoms with E-state index in [0.717, 1.165) is 16.9 Å². The predicted octanol–water partition coefficient (Wildman–Crippen LogP) is 4.41. The van der Waals surface area contributed by atoms with Gasteiger partial charge in [0, 0.05) is 5.02 Å². The normalized spacial score (nSPS) is 13.9. The lowest BCUT2D eigenvalue weighted by atomic mass is 9.91. The van der Waals surface area contributed by atoms with Gasteiger partial charge in [-0.3, -0.25) is 0 Å². The minimum absolute atomic E-state index is 0.277. The Morgan fingerprint density at radius 3 is 2.52 bits per heavy atom. The molecule has 0 fully saturated rings. The number of benzene rings is 1. The molecule has 1 unspecified atom stereocenters. The first-order valence-electron chi connectivity index (χ1n) is 7.04. The third-order valence-electron chi connectivity index (χ3n) is 3.49. The van der Waals surface area contributed by atoms with E-state index in [1.807, 2.05) is 26.8 Å². The molecule has 0 heterocycles. The van der Waals surface area contributed by atoms with Crippen LogP contribution in [0.25, 0.3) is 0 Å². The van der Waals surface area contributed by atoms with E-state index < -0.39 is 11.6 Å². The fourth-order valence-electron chi connectivity index (χ4n) is 2.46. The van der Waals surface area contributed by atoms with Crippen LogP contribution < -0.4 is 10.1 Å². The molecule has 0 saturated heterocycles. The molecule has 118 valence electrons. The van der Waals surface area contributed by atoms with Crippen LogP contribution in [0, 0.1) is 19.8 Å². The molecule has 1 amide bonds. The summed E-state index contributed by atoms with van der Waals surface area (Å²) in [5.41, 5.74) is 1.33. The zero-order valence-electron chi connectivity index (χ0n) is 13.3. The molecule has 0 bridgehead atoms. The number of amides is 1. The minimum Gasteiger partial charge on any atom is -0.491 e. The summed E-state index contributed by atoms with van der Waals surface area (Å²) in [6, 6.07) is 3.62. The summed E-state index contributed by atoms with van der Waals surface area (Å²) >= 11 is 6.07. The van der Waals surface area contributed by atoms with Crippen LogP contribution >= 0.6 is 11.6 Å². The Labute approximate surface area is 131 Å². The van der Waals surface area contributed by atoms with Crippen molar-refractivity contribution >= 4 is 17.7 Å². The molecule has 0 spiro atoms. The number of carbonyl (C=O) groups is 1. The number of ether oxygens (including phenoxy) is 1. The average molecular weight is 314 g/mol. The molecule has 1 aromatic carbocycles. The molecule has 0 aromatic heterocycles. The second kappa shape index (κ2) is 7.03. The third-order valence-corrected chi connectivity index (χ3v) is 3.89. The van der Waals surface area contributed by atoms with E-state index >= 15 is 0 Å². The highest BCUT2D eigenvalue weighted by molar-refractivity contribution is 6.31. The Kier molecular flexibility index (Phi) is 5.90. The van der Waals surface area contributed by atoms with Crippen LogP contribution in [-0.4, -0.2) is 23.3 Å². The smallest absolute Gasteiger partial charge is 0.405 e. The minimum atomic E-state index is -1.04. The molecular weight excluding hydrogens is 290 g/mol. The molecule has 0 aliphatic rings. The highest BCUT2D eigenvalue weighted by Gasteiger charge is 2.28. The predicted molar refractivity (Wildman–Crippen MR) is 85.4 cm³/mol. The lowest BCUT2D eigenvalue weighted by Gasteiger charge is -2.31. The maximum absolute atomic E-state index is 11.0. The highest BCUT2D eigenvalue weighted by Crippen LogP contribution is 2.28. The standard InChI is InChI=1S/C16H24ClNO3/c1-10(2)8-16(5,18-15(19)20)9-21-14-7-6-13(17)11(3)12(14)4/h6-7,10,18H,8-9H2,1-5H3,(H,19,20). The van der Waals surface area contributed by atoms with Gasteiger partial charge in [0.2, 0.25) is 0 Å². The lowest BCUT2D eigenvalue weighted by molar-refractivity contribution is 0.143. The van der Waals surface area contributed by atoms with E-state index in [1.54, 1.807) is 6.07 Å². The molecule has 0 radical (unpaired) electrons. The van der Waals surface area contributed by atoms with Gasteiger partial charge in [-0.05, 0) is 56.4 Å². The third kappa shape index (κ3) is 5.12. The van der Waals surface area contributed by atoms with Crippen LogP contribution in [0.2, 0.25) is 5.02 Å². The molecule has 1 atom stereocenters. The topological polar surface area (TPSA) is 58.6 Å². The summed E-state index contributed by atoms with van der Waals surface area (Å²) in [4.78, 5) is 11.0. The maximum atomic E-state index is 11.0. The van der Waals surface area contributed by atoms with Crippen molar-refractivity contribution in [2.24, 2.45) is 5.92 Å². The van der Waals surface area contributed by atoms with Crippen LogP contribution in [0.15, 0.2) is 12.1 Å². The van der Waals surface area contributed by atoms with Crippen molar-refractivity contribution in [3.8, 4) is 5.75 Å². The molecule has 0 aliphatic heterocycles. The summed E-state index contributed by atoms with van der Waals surface area (Å²) < 4.78 is 5.86. The van der Waals surface area contributed by atoms with Gasteiger partial charge < -0.3 is 15.2 Å². The number of halogens is 1. The number of carboxylic acid groups (broad SMARTS) is 1. The van der Waals surface area contributed by atoms with Crippen LogP contribution in [0.4, 0.5) is 4.79 Å². The van der Waals surface area contributed by atoms with Crippen LogP contribution in [0.1, 0.15) is 38.3 Å². The largest absolute Gasteiger partial charge is 0.491 e. The fourth-order valence-corrected chi connectivity index (χ4v) is 2.67. The highest BCUT2D eigenvalue weighted by atomic mass is 35.5. The van der Waals surface area contributed by atoms with E-state index in [2.05, 4.69) is 19.2 Å². The maximum Gasteiger partial charge on any atom is 0.405 e. The van der Waals surface area contributed by atoms with Gasteiger partial charge in [-0.1, -0.05) is 25.4 Å². The van der Waals surface area contributed by atoms with Crippen LogP contribution in [0.5, 0.6) is 5.75 Å². The van der Waals surface area contributed by atoms with Gasteiger partial charge >= 0.3 is 6.09 Å². The number of nitrogens with one attached hydrogen (secondary N) is 1. The van der Waals surface area contributed by atoms with E-state index in [-0.39, 0.29) is 6.61 Å². The monoisotopic (exact) mass is 313 g/mol. The Balaban J connectivity index is 2.86. The van der Waals surface area contributed by atoms with Gasteiger partial charge in [-0.25, -0.2) is 4.79 Å². The Hall–Kier alpha value is -1.42. The van der Waals surface area contributed by atoms with Crippen molar-refractivity contribution in [1.29, 1.82) is 0 Å². The average Bonchev–Trinajstić information content (AvgIpc) is 2.33. The summed E-state index contributed by atoms with van der Waals surface area (Å²) in [5, 5.41) is 12.3. The zero-order valence-corrected chi connectivity index (χ0v) is 14.0. The summed E-state index contributed by atoms with van der Waals surface area (Å²) in [6.07, 6.45) is -0.337. The van der Waals surface area contributed by atoms with E-state index in [0.29, 0.717) is 17.4 Å². The lowest BCUT2D eigenvalue weighted by Crippen LogP contribution is -2.50. The van der Waals surface area contributed by atoms with Crippen molar-refractivity contribution in [2.45, 2.75) is 46.6 Å². The Bertz CT molecular complexity index is 516. The van der Waals surface area contributed by atoms with E-state index in [1.165, 1.54) is 0 Å². The van der Waals surface area contributed by atoms with Gasteiger partial charge in [0.05, 0.1) is 5.54 Å². The summed E-state index contributed by atoms with van der Waals surface area (Å²) in [6.45, 7) is 10.1. The van der Waals surface area contributed by atoms with E-state index in [9.17, 15) is 4.79 Å². The van der Waals surface area contributed by atoms with E-state index in [4.69, 9.17) is 21.4 Å². The molecule has 1 rings (SSSR count). The quantitative estimate of drug-likeness (QED) is 0.818. The Morgan fingerprint density at radius 2 is 2.00 bits per heavy atom. The molecular formula is C16H24ClNO3. The SMILES string of the molecule is Cc1c(Cl)ccc(OCC(C)(CC(C)C)NC(=O)O)c1C. The van der Waals surface area contributed by atoms with Crippen LogP contribution in [0.3, 0.4) is 0 Å². The fraction of sp³-hybridized carbons (Fsp3) is 0.562. The molecule has 5 heteroatoms. The van der Waals surface area contributed by atoms with Gasteiger partial charge in [0.25, 0.3) is 0 Å². The van der Waals surface area contributed by atoms with Crippen LogP contribution in [-0.2, 0) is 0 Å². The summed E-state index contributed by atoms with van der Waals surface area (Å²) in [5.74, 6) is 1.09. The van der Waals surface area contributed by atoms with Gasteiger partial charge in [-0.2, -0.15) is 0 Å². The van der Waals surface area contributed by atoms with Crippen molar-refractivity contribution in [3.63, 3.8) is 0 Å². The second-order valence-corrected chi connectivity index (χ2v) is 6.58. The van der Waals surface area contributed by atoms with Gasteiger partial charge in [0.1, 0.15) is 12.4 Å². The zero-order chi connectivity index (χ0) is 16.2. The number of rotatable bonds is 6. The van der Waals surface area contributed by atoms with Crippen molar-refractivity contribution in [1.82, 2.24) is 5.32 Å². The molecule has 2 N–H and O–H groups in total. The molecule has 0 saturated carbocycles. The molecule has 0 aliphatic carbocycles. The first kappa shape index (κ1) is 17.6. The molecule has 21 heavy (non-hydrogen) atoms. The van der Waals surface area contributed by atoms with Gasteiger partial charge in [-0.15, -0.1) is 0 Å². The number of hydrogen-bond acceptors (Lipinski definition) is 2. The first-order valence-corrected chi connectivity index (χ1v) is 7.42. The van der Waals surface area contributed by atoms with Crippen molar-refractivity contribution < 1.29 is 14.6 Å². The number of hydrogen-bond donors (Lipinski definition) is 2.